The largest absolute Gasteiger partial charge is 0.465 e. The zero-order valence-corrected chi connectivity index (χ0v) is 11.5. The van der Waals surface area contributed by atoms with Crippen LogP contribution in [0.25, 0.3) is 0 Å². The average molecular weight is 275 g/mol. The first-order valence-corrected chi connectivity index (χ1v) is 6.32. The number of nitrogen functional groups attached to an aromatic ring is 1. The molecule has 2 rings (SSSR count). The van der Waals surface area contributed by atoms with Crippen LogP contribution >= 0.6 is 0 Å². The number of benzene rings is 1. The molecule has 2 aromatic rings. The number of rotatable bonds is 5. The standard InChI is InChI=1S/C14H17N3O3/c1-3-6-17-9-11(8-16-17)20-13-5-4-10(7-12(13)15)14(18)19-2/h4-5,7-9H,3,6,15H2,1-2H3. The van der Waals surface area contributed by atoms with E-state index >= 15 is 0 Å². The molecule has 0 aliphatic rings. The zero-order valence-electron chi connectivity index (χ0n) is 11.5. The van der Waals surface area contributed by atoms with Gasteiger partial charge in [-0.25, -0.2) is 4.79 Å². The van der Waals surface area contributed by atoms with Crippen LogP contribution in [-0.4, -0.2) is 22.9 Å². The van der Waals surface area contributed by atoms with E-state index in [1.165, 1.54) is 13.2 Å². The molecule has 1 heterocycles. The van der Waals surface area contributed by atoms with E-state index in [1.807, 2.05) is 0 Å². The summed E-state index contributed by atoms with van der Waals surface area (Å²) >= 11 is 0. The molecule has 106 valence electrons. The Kier molecular flexibility index (Phi) is 4.24. The van der Waals surface area contributed by atoms with Crippen LogP contribution in [-0.2, 0) is 11.3 Å². The Morgan fingerprint density at radius 3 is 2.90 bits per heavy atom. The Morgan fingerprint density at radius 1 is 1.45 bits per heavy atom. The van der Waals surface area contributed by atoms with E-state index in [-0.39, 0.29) is 0 Å². The number of esters is 1. The van der Waals surface area contributed by atoms with Gasteiger partial charge in [-0.05, 0) is 24.6 Å². The number of carbonyl (C=O) groups is 1. The van der Waals surface area contributed by atoms with E-state index in [4.69, 9.17) is 10.5 Å². The van der Waals surface area contributed by atoms with Crippen molar-refractivity contribution in [3.63, 3.8) is 0 Å². The second kappa shape index (κ2) is 6.10. The lowest BCUT2D eigenvalue weighted by molar-refractivity contribution is 0.0601. The maximum absolute atomic E-state index is 11.4. The molecule has 1 aromatic carbocycles. The SMILES string of the molecule is CCCn1cc(Oc2ccc(C(=O)OC)cc2N)cn1. The molecule has 0 atom stereocenters. The molecular weight excluding hydrogens is 258 g/mol. The summed E-state index contributed by atoms with van der Waals surface area (Å²) in [6.07, 6.45) is 4.43. The summed E-state index contributed by atoms with van der Waals surface area (Å²) in [5.41, 5.74) is 6.63. The average Bonchev–Trinajstić information content (AvgIpc) is 2.88. The summed E-state index contributed by atoms with van der Waals surface area (Å²) < 4.78 is 12.1. The number of hydrogen-bond acceptors (Lipinski definition) is 5. The molecule has 0 unspecified atom stereocenters. The Hall–Kier alpha value is -2.50. The lowest BCUT2D eigenvalue weighted by atomic mass is 10.2. The fourth-order valence-electron chi connectivity index (χ4n) is 1.76. The van der Waals surface area contributed by atoms with Gasteiger partial charge < -0.3 is 15.2 Å². The van der Waals surface area contributed by atoms with Crippen molar-refractivity contribution >= 4 is 11.7 Å². The van der Waals surface area contributed by atoms with Crippen molar-refractivity contribution in [2.45, 2.75) is 19.9 Å². The molecule has 0 spiro atoms. The van der Waals surface area contributed by atoms with E-state index in [9.17, 15) is 4.79 Å². The fourth-order valence-corrected chi connectivity index (χ4v) is 1.76. The number of hydrogen-bond donors (Lipinski definition) is 1. The monoisotopic (exact) mass is 275 g/mol. The minimum Gasteiger partial charge on any atom is -0.465 e. The highest BCUT2D eigenvalue weighted by molar-refractivity contribution is 5.90. The van der Waals surface area contributed by atoms with Gasteiger partial charge in [-0.2, -0.15) is 5.10 Å². The molecule has 0 saturated heterocycles. The van der Waals surface area contributed by atoms with Gasteiger partial charge in [-0.3, -0.25) is 4.68 Å². The minimum atomic E-state index is -0.431. The number of carbonyl (C=O) groups excluding carboxylic acids is 1. The first kappa shape index (κ1) is 13.9. The normalized spacial score (nSPS) is 10.3. The molecule has 0 fully saturated rings. The number of aryl methyl sites for hydroxylation is 1. The summed E-state index contributed by atoms with van der Waals surface area (Å²) in [6.45, 7) is 2.91. The molecule has 20 heavy (non-hydrogen) atoms. The van der Waals surface area contributed by atoms with Crippen LogP contribution in [0.3, 0.4) is 0 Å². The van der Waals surface area contributed by atoms with Crippen molar-refractivity contribution in [2.24, 2.45) is 0 Å². The van der Waals surface area contributed by atoms with E-state index in [2.05, 4.69) is 16.8 Å². The predicted octanol–water partition coefficient (Wildman–Crippen LogP) is 2.45. The second-order valence-corrected chi connectivity index (χ2v) is 4.29. The van der Waals surface area contributed by atoms with E-state index in [1.54, 1.807) is 29.2 Å². The summed E-state index contributed by atoms with van der Waals surface area (Å²) in [5.74, 6) is 0.656. The van der Waals surface area contributed by atoms with Crippen molar-refractivity contribution in [1.29, 1.82) is 0 Å². The molecule has 0 saturated carbocycles. The van der Waals surface area contributed by atoms with Gasteiger partial charge in [0, 0.05) is 6.54 Å². The molecule has 6 nitrogen and oxygen atoms in total. The molecule has 0 aliphatic carbocycles. The topological polar surface area (TPSA) is 79.4 Å². The minimum absolute atomic E-state index is 0.371. The van der Waals surface area contributed by atoms with Gasteiger partial charge in [0.1, 0.15) is 0 Å². The molecule has 0 bridgehead atoms. The molecule has 6 heteroatoms. The van der Waals surface area contributed by atoms with Crippen LogP contribution < -0.4 is 10.5 Å². The maximum Gasteiger partial charge on any atom is 0.337 e. The first-order chi connectivity index (χ1) is 9.63. The molecule has 0 aliphatic heterocycles. The number of nitrogens with two attached hydrogens (primary N) is 1. The van der Waals surface area contributed by atoms with Gasteiger partial charge in [-0.15, -0.1) is 0 Å². The Morgan fingerprint density at radius 2 is 2.25 bits per heavy atom. The van der Waals surface area contributed by atoms with Crippen LogP contribution in [0.5, 0.6) is 11.5 Å². The predicted molar refractivity (Wildman–Crippen MR) is 74.8 cm³/mol. The quantitative estimate of drug-likeness (QED) is 0.669. The number of aromatic nitrogens is 2. The molecule has 0 amide bonds. The first-order valence-electron chi connectivity index (χ1n) is 6.32. The van der Waals surface area contributed by atoms with Crippen molar-refractivity contribution in [2.75, 3.05) is 12.8 Å². The number of ether oxygens (including phenoxy) is 2. The van der Waals surface area contributed by atoms with Gasteiger partial charge >= 0.3 is 5.97 Å². The van der Waals surface area contributed by atoms with Crippen LogP contribution in [0, 0.1) is 0 Å². The second-order valence-electron chi connectivity index (χ2n) is 4.29. The lowest BCUT2D eigenvalue weighted by Gasteiger charge is -2.07. The fraction of sp³-hybridized carbons (Fsp3) is 0.286. The van der Waals surface area contributed by atoms with Crippen LogP contribution in [0.4, 0.5) is 5.69 Å². The van der Waals surface area contributed by atoms with Gasteiger partial charge in [0.05, 0.1) is 30.8 Å². The highest BCUT2D eigenvalue weighted by atomic mass is 16.5. The van der Waals surface area contributed by atoms with Crippen LogP contribution in [0.1, 0.15) is 23.7 Å². The highest BCUT2D eigenvalue weighted by Crippen LogP contribution is 2.28. The van der Waals surface area contributed by atoms with Crippen molar-refractivity contribution in [3.8, 4) is 11.5 Å². The van der Waals surface area contributed by atoms with Crippen molar-refractivity contribution < 1.29 is 14.3 Å². The summed E-state index contributed by atoms with van der Waals surface area (Å²) in [5, 5.41) is 4.17. The summed E-state index contributed by atoms with van der Waals surface area (Å²) in [7, 11) is 1.32. The van der Waals surface area contributed by atoms with E-state index in [0.29, 0.717) is 22.7 Å². The number of methoxy groups -OCH3 is 1. The summed E-state index contributed by atoms with van der Waals surface area (Å²) in [6, 6.07) is 4.77. The zero-order chi connectivity index (χ0) is 14.5. The Bertz CT molecular complexity index is 607. The van der Waals surface area contributed by atoms with E-state index in [0.717, 1.165) is 13.0 Å². The van der Waals surface area contributed by atoms with Gasteiger partial charge in [0.25, 0.3) is 0 Å². The molecule has 2 N–H and O–H groups in total. The number of nitrogens with zero attached hydrogens (tertiary/aromatic N) is 2. The van der Waals surface area contributed by atoms with Crippen LogP contribution in [0.2, 0.25) is 0 Å². The van der Waals surface area contributed by atoms with E-state index < -0.39 is 5.97 Å². The lowest BCUT2D eigenvalue weighted by Crippen LogP contribution is -2.02. The Labute approximate surface area is 117 Å². The molecular formula is C14H17N3O3. The third kappa shape index (κ3) is 3.09. The third-order valence-electron chi connectivity index (χ3n) is 2.72. The Balaban J connectivity index is 2.14. The van der Waals surface area contributed by atoms with Crippen LogP contribution in [0.15, 0.2) is 30.6 Å². The third-order valence-corrected chi connectivity index (χ3v) is 2.72. The van der Waals surface area contributed by atoms with Gasteiger partial charge in [-0.1, -0.05) is 6.92 Å². The smallest absolute Gasteiger partial charge is 0.337 e. The maximum atomic E-state index is 11.4. The highest BCUT2D eigenvalue weighted by Gasteiger charge is 2.10. The molecule has 1 aromatic heterocycles. The molecule has 0 radical (unpaired) electrons. The van der Waals surface area contributed by atoms with Gasteiger partial charge in [0.2, 0.25) is 0 Å². The van der Waals surface area contributed by atoms with Gasteiger partial charge in [0.15, 0.2) is 11.5 Å². The summed E-state index contributed by atoms with van der Waals surface area (Å²) in [4.78, 5) is 11.4. The number of anilines is 1. The van der Waals surface area contributed by atoms with Crippen molar-refractivity contribution in [1.82, 2.24) is 9.78 Å². The van der Waals surface area contributed by atoms with Crippen molar-refractivity contribution in [3.05, 3.63) is 36.2 Å².